The Hall–Kier alpha value is -2.93. The SMILES string of the molecule is Cc1ccc(-c2noc(CSc3nnc(C4CC4)n3-c3ccccc3)n2)cc1. The van der Waals surface area contributed by atoms with Crippen molar-refractivity contribution in [3.05, 3.63) is 71.9 Å². The molecule has 0 amide bonds. The van der Waals surface area contributed by atoms with Gasteiger partial charge in [-0.25, -0.2) is 0 Å². The zero-order valence-electron chi connectivity index (χ0n) is 15.4. The van der Waals surface area contributed by atoms with Crippen LogP contribution in [0.15, 0.2) is 64.3 Å². The Bertz CT molecular complexity index is 1080. The first kappa shape index (κ1) is 17.2. The lowest BCUT2D eigenvalue weighted by Gasteiger charge is -2.08. The average molecular weight is 389 g/mol. The fourth-order valence-electron chi connectivity index (χ4n) is 3.06. The molecule has 6 nitrogen and oxygen atoms in total. The van der Waals surface area contributed by atoms with Crippen LogP contribution < -0.4 is 0 Å². The van der Waals surface area contributed by atoms with Crippen molar-refractivity contribution in [2.75, 3.05) is 0 Å². The van der Waals surface area contributed by atoms with Crippen LogP contribution in [0.1, 0.15) is 36.0 Å². The van der Waals surface area contributed by atoms with Crippen molar-refractivity contribution < 1.29 is 4.52 Å². The maximum Gasteiger partial charge on any atom is 0.237 e. The van der Waals surface area contributed by atoms with Crippen LogP contribution in [0.25, 0.3) is 17.1 Å². The highest BCUT2D eigenvalue weighted by molar-refractivity contribution is 7.98. The number of thioether (sulfide) groups is 1. The van der Waals surface area contributed by atoms with Gasteiger partial charge >= 0.3 is 0 Å². The molecule has 0 aliphatic heterocycles. The summed E-state index contributed by atoms with van der Waals surface area (Å²) in [7, 11) is 0. The summed E-state index contributed by atoms with van der Waals surface area (Å²) in [6.07, 6.45) is 2.36. The summed E-state index contributed by atoms with van der Waals surface area (Å²) < 4.78 is 7.60. The second-order valence-electron chi connectivity index (χ2n) is 6.95. The van der Waals surface area contributed by atoms with E-state index in [9.17, 15) is 0 Å². The van der Waals surface area contributed by atoms with E-state index in [1.54, 1.807) is 11.8 Å². The molecule has 0 saturated heterocycles. The van der Waals surface area contributed by atoms with Gasteiger partial charge in [-0.3, -0.25) is 4.57 Å². The first-order valence-electron chi connectivity index (χ1n) is 9.31. The van der Waals surface area contributed by atoms with Gasteiger partial charge in [0.15, 0.2) is 5.16 Å². The van der Waals surface area contributed by atoms with Gasteiger partial charge in [-0.05, 0) is 31.9 Å². The second-order valence-corrected chi connectivity index (χ2v) is 7.89. The van der Waals surface area contributed by atoms with E-state index in [0.29, 0.717) is 23.4 Å². The summed E-state index contributed by atoms with van der Waals surface area (Å²) in [6, 6.07) is 18.4. The first-order chi connectivity index (χ1) is 13.8. The third-order valence-corrected chi connectivity index (χ3v) is 5.63. The van der Waals surface area contributed by atoms with E-state index in [1.807, 2.05) is 42.5 Å². The number of nitrogens with zero attached hydrogens (tertiary/aromatic N) is 5. The molecular formula is C21H19N5OS. The van der Waals surface area contributed by atoms with E-state index in [0.717, 1.165) is 22.2 Å². The van der Waals surface area contributed by atoms with Crippen molar-refractivity contribution in [1.29, 1.82) is 0 Å². The van der Waals surface area contributed by atoms with E-state index in [-0.39, 0.29) is 0 Å². The largest absolute Gasteiger partial charge is 0.338 e. The van der Waals surface area contributed by atoms with E-state index < -0.39 is 0 Å². The molecule has 1 saturated carbocycles. The van der Waals surface area contributed by atoms with Gasteiger partial charge in [-0.15, -0.1) is 10.2 Å². The number of hydrogen-bond donors (Lipinski definition) is 0. The van der Waals surface area contributed by atoms with Gasteiger partial charge < -0.3 is 4.52 Å². The fraction of sp³-hybridized carbons (Fsp3) is 0.238. The highest BCUT2D eigenvalue weighted by Crippen LogP contribution is 2.41. The second kappa shape index (κ2) is 7.24. The van der Waals surface area contributed by atoms with Gasteiger partial charge in [0, 0.05) is 17.2 Å². The zero-order valence-corrected chi connectivity index (χ0v) is 16.3. The maximum atomic E-state index is 5.44. The molecule has 5 rings (SSSR count). The Balaban J connectivity index is 1.37. The molecule has 4 aromatic rings. The highest BCUT2D eigenvalue weighted by atomic mass is 32.2. The monoisotopic (exact) mass is 389 g/mol. The molecule has 0 unspecified atom stereocenters. The molecule has 0 atom stereocenters. The van der Waals surface area contributed by atoms with Crippen LogP contribution in [0.2, 0.25) is 0 Å². The quantitative estimate of drug-likeness (QED) is 0.441. The Kier molecular flexibility index (Phi) is 4.44. The van der Waals surface area contributed by atoms with Crippen molar-refractivity contribution in [2.24, 2.45) is 0 Å². The molecule has 2 aromatic carbocycles. The molecule has 28 heavy (non-hydrogen) atoms. The normalized spacial score (nSPS) is 13.8. The Morgan fingerprint density at radius 1 is 1.04 bits per heavy atom. The summed E-state index contributed by atoms with van der Waals surface area (Å²) in [5.74, 6) is 3.29. The number of benzene rings is 2. The number of para-hydroxylation sites is 1. The summed E-state index contributed by atoms with van der Waals surface area (Å²) in [5.41, 5.74) is 3.24. The summed E-state index contributed by atoms with van der Waals surface area (Å²) in [4.78, 5) is 4.53. The summed E-state index contributed by atoms with van der Waals surface area (Å²) >= 11 is 1.57. The van der Waals surface area contributed by atoms with Crippen LogP contribution in [0.4, 0.5) is 0 Å². The molecule has 0 bridgehead atoms. The lowest BCUT2D eigenvalue weighted by atomic mass is 10.1. The minimum absolute atomic E-state index is 0.513. The van der Waals surface area contributed by atoms with Crippen molar-refractivity contribution >= 4 is 11.8 Å². The molecule has 1 aliphatic carbocycles. The van der Waals surface area contributed by atoms with Gasteiger partial charge in [-0.1, -0.05) is 64.9 Å². The number of hydrogen-bond acceptors (Lipinski definition) is 6. The van der Waals surface area contributed by atoms with E-state index in [2.05, 4.69) is 44.0 Å². The molecule has 0 N–H and O–H groups in total. The Morgan fingerprint density at radius 3 is 2.57 bits per heavy atom. The van der Waals surface area contributed by atoms with Crippen molar-refractivity contribution in [3.63, 3.8) is 0 Å². The van der Waals surface area contributed by atoms with Crippen LogP contribution in [0.3, 0.4) is 0 Å². The minimum atomic E-state index is 0.513. The number of aromatic nitrogens is 5. The third kappa shape index (κ3) is 3.45. The van der Waals surface area contributed by atoms with Crippen LogP contribution in [0.5, 0.6) is 0 Å². The molecule has 1 aliphatic rings. The molecule has 2 heterocycles. The average Bonchev–Trinajstić information content (AvgIpc) is 3.31. The van der Waals surface area contributed by atoms with Gasteiger partial charge in [0.05, 0.1) is 5.75 Å². The molecule has 0 radical (unpaired) electrons. The topological polar surface area (TPSA) is 69.6 Å². The first-order valence-corrected chi connectivity index (χ1v) is 10.3. The molecule has 0 spiro atoms. The van der Waals surface area contributed by atoms with Crippen LogP contribution >= 0.6 is 11.8 Å². The van der Waals surface area contributed by atoms with E-state index in [4.69, 9.17) is 4.52 Å². The highest BCUT2D eigenvalue weighted by Gasteiger charge is 2.31. The van der Waals surface area contributed by atoms with Gasteiger partial charge in [0.2, 0.25) is 11.7 Å². The lowest BCUT2D eigenvalue weighted by molar-refractivity contribution is 0.391. The maximum absolute atomic E-state index is 5.44. The predicted octanol–water partition coefficient (Wildman–Crippen LogP) is 4.80. The molecule has 7 heteroatoms. The zero-order chi connectivity index (χ0) is 18.9. The summed E-state index contributed by atoms with van der Waals surface area (Å²) in [5, 5.41) is 13.8. The standard InChI is InChI=1S/C21H19N5OS/c1-14-7-9-15(10-8-14)19-22-18(27-25-19)13-28-21-24-23-20(16-11-12-16)26(21)17-5-3-2-4-6-17/h2-10,16H,11-13H2,1H3. The molecular weight excluding hydrogens is 370 g/mol. The molecule has 2 aromatic heterocycles. The van der Waals surface area contributed by atoms with Crippen LogP contribution in [-0.2, 0) is 5.75 Å². The van der Waals surface area contributed by atoms with E-state index in [1.165, 1.54) is 18.4 Å². The van der Waals surface area contributed by atoms with Crippen molar-refractivity contribution in [3.8, 4) is 17.1 Å². The van der Waals surface area contributed by atoms with Crippen LogP contribution in [0, 0.1) is 6.92 Å². The van der Waals surface area contributed by atoms with E-state index >= 15 is 0 Å². The minimum Gasteiger partial charge on any atom is -0.338 e. The Labute approximate surface area is 167 Å². The predicted molar refractivity (Wildman–Crippen MR) is 107 cm³/mol. The van der Waals surface area contributed by atoms with Crippen molar-refractivity contribution in [2.45, 2.75) is 36.6 Å². The molecule has 140 valence electrons. The molecule has 1 fully saturated rings. The van der Waals surface area contributed by atoms with Gasteiger partial charge in [-0.2, -0.15) is 4.98 Å². The number of aryl methyl sites for hydroxylation is 1. The van der Waals surface area contributed by atoms with Crippen molar-refractivity contribution in [1.82, 2.24) is 24.9 Å². The van der Waals surface area contributed by atoms with Gasteiger partial charge in [0.25, 0.3) is 0 Å². The number of rotatable bonds is 6. The Morgan fingerprint density at radius 2 is 1.82 bits per heavy atom. The third-order valence-electron chi connectivity index (χ3n) is 4.72. The summed E-state index contributed by atoms with van der Waals surface area (Å²) in [6.45, 7) is 2.06. The van der Waals surface area contributed by atoms with Gasteiger partial charge in [0.1, 0.15) is 5.82 Å². The lowest BCUT2D eigenvalue weighted by Crippen LogP contribution is -2.01. The smallest absolute Gasteiger partial charge is 0.237 e. The van der Waals surface area contributed by atoms with Crippen LogP contribution in [-0.4, -0.2) is 24.9 Å². The fourth-order valence-corrected chi connectivity index (χ4v) is 3.86.